The number of nitro benzene ring substituents is 1. The summed E-state index contributed by atoms with van der Waals surface area (Å²) in [6, 6.07) is 4.02. The predicted octanol–water partition coefficient (Wildman–Crippen LogP) is -0.710. The molecule has 0 bridgehead atoms. The van der Waals surface area contributed by atoms with Crippen molar-refractivity contribution >= 4 is 40.1 Å². The van der Waals surface area contributed by atoms with Gasteiger partial charge >= 0.3 is 11.4 Å². The molecule has 1 atom stereocenters. The van der Waals surface area contributed by atoms with Crippen LogP contribution in [0.2, 0.25) is 0 Å². The highest BCUT2D eigenvalue weighted by Crippen LogP contribution is 2.30. The zero-order chi connectivity index (χ0) is 15.1. The average Bonchev–Trinajstić information content (AvgIpc) is 2.61. The molecular formula is C12H13Cl2N3O4. The first-order chi connectivity index (χ1) is 9.19. The lowest BCUT2D eigenvalue weighted by atomic mass is 10.2. The fourth-order valence-corrected chi connectivity index (χ4v) is 2.00. The number of amides is 1. The number of nitrogens with zero attached hydrogens (tertiary/aromatic N) is 2. The number of quaternary nitrogens is 1. The average molecular weight is 334 g/mol. The van der Waals surface area contributed by atoms with Crippen molar-refractivity contribution in [1.29, 1.82) is 0 Å². The Bertz CT molecular complexity index is 625. The normalized spacial score (nSPS) is 16.6. The number of amidine groups is 1. The molecule has 0 saturated carbocycles. The van der Waals surface area contributed by atoms with Crippen LogP contribution in [0.3, 0.4) is 0 Å². The fraction of sp³-hybridized carbons (Fsp3) is 0.333. The van der Waals surface area contributed by atoms with Crippen LogP contribution in [-0.4, -0.2) is 21.9 Å². The molecule has 1 aromatic carbocycles. The second-order valence-corrected chi connectivity index (χ2v) is 5.60. The number of benzene rings is 1. The van der Waals surface area contributed by atoms with Gasteiger partial charge in [0, 0.05) is 29.8 Å². The maximum Gasteiger partial charge on any atom is 0.527 e. The summed E-state index contributed by atoms with van der Waals surface area (Å²) >= 11 is 5.94. The van der Waals surface area contributed by atoms with Crippen LogP contribution < -0.4 is 17.3 Å². The number of hydrogen-bond donors (Lipinski definition) is 1. The van der Waals surface area contributed by atoms with Crippen molar-refractivity contribution in [3.8, 4) is 0 Å². The van der Waals surface area contributed by atoms with E-state index in [2.05, 4.69) is 4.99 Å². The highest BCUT2D eigenvalue weighted by atomic mass is 35.5. The number of halogens is 2. The Balaban J connectivity index is 0.00000220. The van der Waals surface area contributed by atoms with Gasteiger partial charge in [0.1, 0.15) is 11.3 Å². The lowest BCUT2D eigenvalue weighted by Crippen LogP contribution is -3.11. The van der Waals surface area contributed by atoms with Gasteiger partial charge in [0.15, 0.2) is 5.69 Å². The smallest absolute Gasteiger partial charge is 0.527 e. The first kappa shape index (κ1) is 17.4. The number of aliphatic imine (C=N–C) groups is 1. The first-order valence-corrected chi connectivity index (χ1v) is 6.20. The number of rotatable bonds is 1. The molecule has 1 N–H and O–H groups in total. The van der Waals surface area contributed by atoms with E-state index in [4.69, 9.17) is 16.3 Å². The Hall–Kier alpha value is -1.70. The summed E-state index contributed by atoms with van der Waals surface area (Å²) in [5, 5.41) is 10.7. The van der Waals surface area contributed by atoms with Gasteiger partial charge in [-0.1, -0.05) is 0 Å². The van der Waals surface area contributed by atoms with Gasteiger partial charge in [0.05, 0.1) is 4.92 Å². The Labute approximate surface area is 132 Å². The van der Waals surface area contributed by atoms with Crippen LogP contribution in [-0.2, 0) is 4.74 Å². The molecule has 9 heteroatoms. The van der Waals surface area contributed by atoms with Gasteiger partial charge in [0.2, 0.25) is 0 Å². The summed E-state index contributed by atoms with van der Waals surface area (Å²) in [5.74, 6) is 0. The minimum atomic E-state index is -0.662. The Kier molecular flexibility index (Phi) is 4.93. The van der Waals surface area contributed by atoms with Crippen molar-refractivity contribution in [3.63, 3.8) is 0 Å². The monoisotopic (exact) mass is 333 g/mol. The van der Waals surface area contributed by atoms with Crippen LogP contribution in [0.15, 0.2) is 23.2 Å². The van der Waals surface area contributed by atoms with Crippen LogP contribution >= 0.6 is 11.6 Å². The van der Waals surface area contributed by atoms with Crippen LogP contribution in [0.25, 0.3) is 0 Å². The van der Waals surface area contributed by atoms with Crippen molar-refractivity contribution in [2.24, 2.45) is 4.99 Å². The maximum atomic E-state index is 12.1. The number of ether oxygens (including phenoxy) is 1. The number of hydrogen-bond acceptors (Lipinski definition) is 5. The quantitative estimate of drug-likeness (QED) is 0.418. The number of nitro groups is 1. The number of non-ortho nitro benzene ring substituents is 1. The van der Waals surface area contributed by atoms with Crippen molar-refractivity contribution in [3.05, 3.63) is 28.3 Å². The zero-order valence-electron chi connectivity index (χ0n) is 11.5. The van der Waals surface area contributed by atoms with Gasteiger partial charge in [-0.2, -0.15) is 9.79 Å². The van der Waals surface area contributed by atoms with Crippen molar-refractivity contribution in [1.82, 2.24) is 0 Å². The Morgan fingerprint density at radius 3 is 2.57 bits per heavy atom. The molecular weight excluding hydrogens is 321 g/mol. The highest BCUT2D eigenvalue weighted by molar-refractivity contribution is 6.63. The zero-order valence-corrected chi connectivity index (χ0v) is 13.0. The molecule has 1 aliphatic rings. The molecule has 1 heterocycles. The Morgan fingerprint density at radius 1 is 1.43 bits per heavy atom. The van der Waals surface area contributed by atoms with Crippen LogP contribution in [0.1, 0.15) is 20.8 Å². The van der Waals surface area contributed by atoms with E-state index < -0.39 is 16.6 Å². The third-order valence-corrected chi connectivity index (χ3v) is 2.76. The largest absolute Gasteiger partial charge is 1.00 e. The van der Waals surface area contributed by atoms with E-state index in [-0.39, 0.29) is 28.3 Å². The molecule has 1 amide bonds. The number of fused-ring (bicyclic) bond motifs is 1. The van der Waals surface area contributed by atoms with Gasteiger partial charge in [-0.05, 0) is 20.8 Å². The summed E-state index contributed by atoms with van der Waals surface area (Å²) < 4.78 is 5.25. The van der Waals surface area contributed by atoms with Crippen LogP contribution in [0, 0.1) is 10.1 Å². The van der Waals surface area contributed by atoms with Gasteiger partial charge < -0.3 is 17.1 Å². The third-order valence-electron chi connectivity index (χ3n) is 2.49. The van der Waals surface area contributed by atoms with E-state index in [0.717, 1.165) is 0 Å². The molecule has 0 spiro atoms. The highest BCUT2D eigenvalue weighted by Gasteiger charge is 2.39. The molecule has 1 unspecified atom stereocenters. The number of carbonyl (C=O) groups excluding carboxylic acids is 1. The van der Waals surface area contributed by atoms with Gasteiger partial charge in [-0.25, -0.2) is 0 Å². The molecule has 0 radical (unpaired) electrons. The van der Waals surface area contributed by atoms with Gasteiger partial charge in [-0.3, -0.25) is 10.1 Å². The lowest BCUT2D eigenvalue weighted by molar-refractivity contribution is -0.639. The molecule has 0 aliphatic carbocycles. The molecule has 1 aliphatic heterocycles. The van der Waals surface area contributed by atoms with Crippen LogP contribution in [0.4, 0.5) is 21.9 Å². The molecule has 0 fully saturated rings. The Morgan fingerprint density at radius 2 is 2.05 bits per heavy atom. The predicted molar refractivity (Wildman–Crippen MR) is 72.9 cm³/mol. The topological polar surface area (TPSA) is 86.2 Å². The van der Waals surface area contributed by atoms with Gasteiger partial charge in [-0.15, -0.1) is 4.90 Å². The minimum Gasteiger partial charge on any atom is -1.00 e. The molecule has 0 saturated heterocycles. The molecule has 2 rings (SSSR count). The fourth-order valence-electron chi connectivity index (χ4n) is 1.73. The molecule has 21 heavy (non-hydrogen) atoms. The maximum absolute atomic E-state index is 12.1. The summed E-state index contributed by atoms with van der Waals surface area (Å²) in [6.07, 6.45) is -0.598. The standard InChI is InChI=1S/C12H12ClN3O4.ClH/c1-12(2,3)20-11(17)15-9-5-4-7(16(18)19)6-8(9)14-10(15)13;/h4-6H,1-3H3;1H. The van der Waals surface area contributed by atoms with E-state index in [1.807, 2.05) is 0 Å². The lowest BCUT2D eigenvalue weighted by Gasteiger charge is -2.19. The minimum absolute atomic E-state index is 0. The SMILES string of the molecule is CC(C)(C)OC(=O)[NH+]1C(Cl)=Nc2cc([N+](=O)[O-])ccc21.[Cl-]. The number of carbonyl (C=O) groups is 1. The second kappa shape index (κ2) is 5.97. The number of nitrogens with one attached hydrogen (secondary N) is 1. The molecule has 0 aromatic heterocycles. The summed E-state index contributed by atoms with van der Waals surface area (Å²) in [5.41, 5.74) is -0.0348. The van der Waals surface area contributed by atoms with Crippen molar-refractivity contribution in [2.75, 3.05) is 0 Å². The summed E-state index contributed by atoms with van der Waals surface area (Å²) in [4.78, 5) is 26.4. The van der Waals surface area contributed by atoms with E-state index in [0.29, 0.717) is 11.4 Å². The van der Waals surface area contributed by atoms with Crippen LogP contribution in [0.5, 0.6) is 0 Å². The second-order valence-electron chi connectivity index (χ2n) is 5.24. The van der Waals surface area contributed by atoms with E-state index >= 15 is 0 Å². The summed E-state index contributed by atoms with van der Waals surface area (Å²) in [6.45, 7) is 5.21. The van der Waals surface area contributed by atoms with Crippen molar-refractivity contribution in [2.45, 2.75) is 26.4 Å². The molecule has 7 nitrogen and oxygen atoms in total. The van der Waals surface area contributed by atoms with E-state index in [1.54, 1.807) is 20.8 Å². The first-order valence-electron chi connectivity index (χ1n) is 5.83. The summed E-state index contributed by atoms with van der Waals surface area (Å²) in [7, 11) is 0. The van der Waals surface area contributed by atoms with E-state index in [9.17, 15) is 14.9 Å². The third kappa shape index (κ3) is 3.69. The molecule has 114 valence electrons. The molecule has 1 aromatic rings. The van der Waals surface area contributed by atoms with Gasteiger partial charge in [0.25, 0.3) is 5.69 Å². The number of alkyl carbamates (subject to hydrolysis) is 1. The van der Waals surface area contributed by atoms with E-state index in [1.165, 1.54) is 18.2 Å². The van der Waals surface area contributed by atoms with Crippen molar-refractivity contribution < 1.29 is 31.8 Å².